The number of hydrogen-bond acceptors (Lipinski definition) is 7. The van der Waals surface area contributed by atoms with Gasteiger partial charge in [0.15, 0.2) is 5.82 Å². The number of nitrogens with zero attached hydrogens (tertiary/aromatic N) is 6. The third-order valence-corrected chi connectivity index (χ3v) is 7.28. The van der Waals surface area contributed by atoms with Crippen molar-refractivity contribution in [2.45, 2.75) is 19.9 Å². The van der Waals surface area contributed by atoms with Crippen LogP contribution in [0.2, 0.25) is 0 Å². The highest BCUT2D eigenvalue weighted by molar-refractivity contribution is 7.16. The number of aromatic nitrogens is 6. The minimum absolute atomic E-state index is 0.0808. The van der Waals surface area contributed by atoms with E-state index in [1.807, 2.05) is 80.3 Å². The summed E-state index contributed by atoms with van der Waals surface area (Å²) in [7, 11) is 1.91. The number of benzene rings is 2. The van der Waals surface area contributed by atoms with Crippen molar-refractivity contribution in [2.24, 2.45) is 7.05 Å². The highest BCUT2D eigenvalue weighted by Crippen LogP contribution is 2.32. The average Bonchev–Trinajstić information content (AvgIpc) is 3.51. The average molecular weight is 494 g/mol. The van der Waals surface area contributed by atoms with E-state index < -0.39 is 0 Å². The van der Waals surface area contributed by atoms with E-state index in [1.54, 1.807) is 10.1 Å². The molecule has 8 nitrogen and oxygen atoms in total. The van der Waals surface area contributed by atoms with E-state index >= 15 is 0 Å². The number of hydrogen-bond donors (Lipinski definition) is 1. The summed E-state index contributed by atoms with van der Waals surface area (Å²) in [6, 6.07) is 17.5. The van der Waals surface area contributed by atoms with Crippen molar-refractivity contribution in [1.82, 2.24) is 29.3 Å². The highest BCUT2D eigenvalue weighted by Gasteiger charge is 2.21. The lowest BCUT2D eigenvalue weighted by Crippen LogP contribution is -2.26. The van der Waals surface area contributed by atoms with Gasteiger partial charge in [-0.1, -0.05) is 36.4 Å². The molecule has 1 N–H and O–H groups in total. The van der Waals surface area contributed by atoms with E-state index in [1.165, 1.54) is 17.7 Å². The van der Waals surface area contributed by atoms with Gasteiger partial charge in [0.05, 0.1) is 23.1 Å². The van der Waals surface area contributed by atoms with Crippen LogP contribution in [0.1, 0.15) is 24.4 Å². The molecule has 178 valence electrons. The Morgan fingerprint density at radius 1 is 1.00 bits per heavy atom. The van der Waals surface area contributed by atoms with Gasteiger partial charge in [-0.3, -0.25) is 14.0 Å². The van der Waals surface area contributed by atoms with Gasteiger partial charge in [0.1, 0.15) is 16.7 Å². The van der Waals surface area contributed by atoms with Gasteiger partial charge < -0.3 is 5.32 Å². The van der Waals surface area contributed by atoms with Crippen LogP contribution in [0.3, 0.4) is 0 Å². The minimum atomic E-state index is -0.245. The minimum Gasteiger partial charge on any atom is -0.360 e. The van der Waals surface area contributed by atoms with Crippen molar-refractivity contribution in [1.29, 1.82) is 0 Å². The zero-order valence-electron chi connectivity index (χ0n) is 20.0. The summed E-state index contributed by atoms with van der Waals surface area (Å²) >= 11 is 1.47. The maximum atomic E-state index is 14.3. The third kappa shape index (κ3) is 3.56. The topological polar surface area (TPSA) is 90.5 Å². The molecule has 0 fully saturated rings. The van der Waals surface area contributed by atoms with Crippen LogP contribution in [0.4, 0.5) is 5.82 Å². The van der Waals surface area contributed by atoms with Gasteiger partial charge in [-0.05, 0) is 43.0 Å². The molecule has 0 saturated heterocycles. The van der Waals surface area contributed by atoms with Crippen LogP contribution >= 0.6 is 11.3 Å². The summed E-state index contributed by atoms with van der Waals surface area (Å²) in [6.07, 6.45) is 3.35. The summed E-state index contributed by atoms with van der Waals surface area (Å²) in [5.41, 5.74) is 6.84. The van der Waals surface area contributed by atoms with Crippen molar-refractivity contribution in [2.75, 3.05) is 5.32 Å². The van der Waals surface area contributed by atoms with Crippen LogP contribution in [-0.2, 0) is 7.05 Å². The molecule has 6 aromatic rings. The Morgan fingerprint density at radius 3 is 2.61 bits per heavy atom. The van der Waals surface area contributed by atoms with E-state index in [0.29, 0.717) is 11.2 Å². The largest absolute Gasteiger partial charge is 0.360 e. The smallest absolute Gasteiger partial charge is 0.263 e. The molecule has 0 aliphatic heterocycles. The number of thiazole rings is 1. The molecule has 6 rings (SSSR count). The molecular weight excluding hydrogens is 470 g/mol. The molecule has 0 radical (unpaired) electrons. The van der Waals surface area contributed by atoms with Gasteiger partial charge in [0, 0.05) is 29.7 Å². The molecule has 0 amide bonds. The molecule has 0 spiro atoms. The summed E-state index contributed by atoms with van der Waals surface area (Å²) < 4.78 is 3.61. The number of rotatable bonds is 5. The van der Waals surface area contributed by atoms with E-state index in [-0.39, 0.29) is 11.6 Å². The third-order valence-electron chi connectivity index (χ3n) is 6.55. The van der Waals surface area contributed by atoms with Crippen LogP contribution in [-0.4, -0.2) is 29.3 Å². The van der Waals surface area contributed by atoms with Gasteiger partial charge >= 0.3 is 0 Å². The monoisotopic (exact) mass is 493 g/mol. The van der Waals surface area contributed by atoms with Crippen LogP contribution in [0, 0.1) is 6.92 Å². The molecule has 0 saturated carbocycles. The summed E-state index contributed by atoms with van der Waals surface area (Å²) in [5.74, 6) is 0.639. The molecule has 9 heteroatoms. The van der Waals surface area contributed by atoms with Crippen LogP contribution < -0.4 is 10.9 Å². The number of pyridine rings is 1. The quantitative estimate of drug-likeness (QED) is 0.352. The predicted molar refractivity (Wildman–Crippen MR) is 144 cm³/mol. The molecule has 4 aromatic heterocycles. The number of aryl methyl sites for hydroxylation is 1. The Kier molecular flexibility index (Phi) is 5.34. The zero-order valence-corrected chi connectivity index (χ0v) is 20.8. The molecule has 0 bridgehead atoms. The maximum Gasteiger partial charge on any atom is 0.263 e. The van der Waals surface area contributed by atoms with Crippen molar-refractivity contribution < 1.29 is 0 Å². The van der Waals surface area contributed by atoms with Crippen molar-refractivity contribution in [3.63, 3.8) is 0 Å². The van der Waals surface area contributed by atoms with E-state index in [9.17, 15) is 4.79 Å². The maximum absolute atomic E-state index is 14.3. The number of nitrogens with one attached hydrogen (secondary N) is 1. The molecule has 1 unspecified atom stereocenters. The molecular formula is C27H23N7OS. The lowest BCUT2D eigenvalue weighted by molar-refractivity contribution is 0.740. The Balaban J connectivity index is 1.59. The van der Waals surface area contributed by atoms with Crippen LogP contribution in [0.5, 0.6) is 0 Å². The number of para-hydroxylation sites is 1. The molecule has 2 aromatic carbocycles. The highest BCUT2D eigenvalue weighted by atomic mass is 32.1. The van der Waals surface area contributed by atoms with Crippen molar-refractivity contribution >= 4 is 38.3 Å². The first-order valence-corrected chi connectivity index (χ1v) is 12.4. The molecule has 0 aliphatic rings. The lowest BCUT2D eigenvalue weighted by Gasteiger charge is -2.22. The number of anilines is 1. The summed E-state index contributed by atoms with van der Waals surface area (Å²) in [5, 5.41) is 9.41. The summed E-state index contributed by atoms with van der Waals surface area (Å²) in [6.45, 7) is 4.04. The van der Waals surface area contributed by atoms with Gasteiger partial charge in [0.2, 0.25) is 0 Å². The zero-order chi connectivity index (χ0) is 24.8. The van der Waals surface area contributed by atoms with E-state index in [2.05, 4.69) is 31.4 Å². The van der Waals surface area contributed by atoms with Gasteiger partial charge in [-0.25, -0.2) is 15.0 Å². The molecule has 36 heavy (non-hydrogen) atoms. The van der Waals surface area contributed by atoms with Gasteiger partial charge in [-0.15, -0.1) is 11.3 Å². The normalized spacial score (nSPS) is 12.3. The SMILES string of the molecule is Cc1c(-c2cccc3cc(C(C)Nc4ncnc5scnc45)n(-c4ccccc4)c(=O)c23)cnn1C. The first-order chi connectivity index (χ1) is 17.5. The fourth-order valence-electron chi connectivity index (χ4n) is 4.61. The predicted octanol–water partition coefficient (Wildman–Crippen LogP) is 5.27. The Morgan fingerprint density at radius 2 is 1.83 bits per heavy atom. The first kappa shape index (κ1) is 22.1. The Labute approximate surface area is 210 Å². The number of fused-ring (bicyclic) bond motifs is 2. The Hall–Kier alpha value is -4.37. The second-order valence-electron chi connectivity index (χ2n) is 8.68. The molecule has 0 aliphatic carbocycles. The fourth-order valence-corrected chi connectivity index (χ4v) is 5.24. The first-order valence-electron chi connectivity index (χ1n) is 11.6. The van der Waals surface area contributed by atoms with Crippen molar-refractivity contribution in [3.8, 4) is 16.8 Å². The second-order valence-corrected chi connectivity index (χ2v) is 9.51. The van der Waals surface area contributed by atoms with E-state index in [0.717, 1.165) is 43.9 Å². The molecule has 4 heterocycles. The van der Waals surface area contributed by atoms with E-state index in [4.69, 9.17) is 0 Å². The summed E-state index contributed by atoms with van der Waals surface area (Å²) in [4.78, 5) is 28.2. The van der Waals surface area contributed by atoms with Crippen molar-refractivity contribution in [3.05, 3.63) is 94.4 Å². The second kappa shape index (κ2) is 8.69. The lowest BCUT2D eigenvalue weighted by atomic mass is 9.98. The fraction of sp³-hybridized carbons (Fsp3) is 0.148. The van der Waals surface area contributed by atoms with Crippen LogP contribution in [0.15, 0.2) is 77.4 Å². The van der Waals surface area contributed by atoms with Gasteiger partial charge in [-0.2, -0.15) is 5.10 Å². The molecule has 1 atom stereocenters. The van der Waals surface area contributed by atoms with Crippen LogP contribution in [0.25, 0.3) is 37.9 Å². The standard InChI is InChI=1S/C27H23N7OS/c1-16(32-25-24-26(29-14-28-25)36-15-30-24)22-12-18-8-7-11-20(21-13-31-33(3)17(21)2)23(18)27(35)34(22)19-9-5-4-6-10-19/h4-16H,1-3H3,(H,28,29,32). The Bertz CT molecular complexity index is 1790. The van der Waals surface area contributed by atoms with Gasteiger partial charge in [0.25, 0.3) is 5.56 Å².